The van der Waals surface area contributed by atoms with Gasteiger partial charge in [0.05, 0.1) is 19.1 Å². The van der Waals surface area contributed by atoms with Crippen molar-refractivity contribution in [2.24, 2.45) is 0 Å². The van der Waals surface area contributed by atoms with Crippen molar-refractivity contribution < 1.29 is 28.6 Å². The normalized spacial score (nSPS) is 19.8. The zero-order valence-electron chi connectivity index (χ0n) is 19.8. The second kappa shape index (κ2) is 12.4. The standard InChI is InChI=1S/C27H32N2O6/c30-25(34-17-4-8-20-6-2-1-3-7-20)18-24-26(31)28-14-15-29(24)27(32)21-10-12-22(13-11-21)35-19-23-9-5-16-33-23/h1-3,6-7,10-13,23-24H,4-5,8-9,14-19H2,(H,28,31). The summed E-state index contributed by atoms with van der Waals surface area (Å²) in [6, 6.07) is 15.9. The molecule has 0 spiro atoms. The Labute approximate surface area is 205 Å². The minimum absolute atomic E-state index is 0.113. The van der Waals surface area contributed by atoms with Crippen molar-refractivity contribution in [3.63, 3.8) is 0 Å². The summed E-state index contributed by atoms with van der Waals surface area (Å²) in [5.74, 6) is -0.477. The van der Waals surface area contributed by atoms with E-state index in [0.29, 0.717) is 37.4 Å². The van der Waals surface area contributed by atoms with E-state index in [-0.39, 0.29) is 30.9 Å². The van der Waals surface area contributed by atoms with Crippen molar-refractivity contribution in [3.05, 3.63) is 65.7 Å². The molecule has 2 unspecified atom stereocenters. The van der Waals surface area contributed by atoms with Gasteiger partial charge in [0, 0.05) is 25.3 Å². The largest absolute Gasteiger partial charge is 0.491 e. The lowest BCUT2D eigenvalue weighted by Crippen LogP contribution is -2.57. The third kappa shape index (κ3) is 7.05. The van der Waals surface area contributed by atoms with Gasteiger partial charge in [0.15, 0.2) is 0 Å². The maximum Gasteiger partial charge on any atom is 0.308 e. The van der Waals surface area contributed by atoms with E-state index >= 15 is 0 Å². The third-order valence-electron chi connectivity index (χ3n) is 6.23. The van der Waals surface area contributed by atoms with E-state index in [2.05, 4.69) is 5.32 Å². The van der Waals surface area contributed by atoms with Gasteiger partial charge in [0.1, 0.15) is 18.4 Å². The van der Waals surface area contributed by atoms with Crippen LogP contribution in [0.3, 0.4) is 0 Å². The minimum atomic E-state index is -0.895. The molecular formula is C27H32N2O6. The first-order valence-electron chi connectivity index (χ1n) is 12.2. The second-order valence-electron chi connectivity index (χ2n) is 8.79. The molecule has 2 fully saturated rings. The highest BCUT2D eigenvalue weighted by atomic mass is 16.5. The van der Waals surface area contributed by atoms with E-state index in [1.54, 1.807) is 24.3 Å². The maximum atomic E-state index is 13.2. The Morgan fingerprint density at radius 2 is 1.89 bits per heavy atom. The number of carbonyl (C=O) groups excluding carboxylic acids is 3. The molecule has 2 aromatic rings. The van der Waals surface area contributed by atoms with Gasteiger partial charge in [-0.3, -0.25) is 14.4 Å². The van der Waals surface area contributed by atoms with Crippen LogP contribution in [0.15, 0.2) is 54.6 Å². The molecule has 0 saturated carbocycles. The first-order chi connectivity index (χ1) is 17.1. The molecule has 8 heteroatoms. The maximum absolute atomic E-state index is 13.2. The van der Waals surface area contributed by atoms with Crippen LogP contribution in [0.2, 0.25) is 0 Å². The average molecular weight is 481 g/mol. The lowest BCUT2D eigenvalue weighted by atomic mass is 10.1. The predicted octanol–water partition coefficient (Wildman–Crippen LogP) is 2.75. The van der Waals surface area contributed by atoms with Crippen LogP contribution >= 0.6 is 0 Å². The summed E-state index contributed by atoms with van der Waals surface area (Å²) in [5.41, 5.74) is 1.61. The number of nitrogens with zero attached hydrogens (tertiary/aromatic N) is 1. The van der Waals surface area contributed by atoms with Crippen LogP contribution in [-0.2, 0) is 25.5 Å². The van der Waals surface area contributed by atoms with Gasteiger partial charge in [-0.05, 0) is 55.5 Å². The zero-order valence-corrected chi connectivity index (χ0v) is 19.8. The molecule has 2 amide bonds. The zero-order chi connectivity index (χ0) is 24.5. The highest BCUT2D eigenvalue weighted by molar-refractivity contribution is 5.99. The first-order valence-corrected chi connectivity index (χ1v) is 12.2. The van der Waals surface area contributed by atoms with Crippen LogP contribution in [-0.4, -0.2) is 67.7 Å². The number of aryl methyl sites for hydroxylation is 1. The van der Waals surface area contributed by atoms with Crippen LogP contribution in [0.5, 0.6) is 5.75 Å². The average Bonchev–Trinajstić information content (AvgIpc) is 3.41. The number of amides is 2. The molecule has 2 heterocycles. The molecule has 2 saturated heterocycles. The van der Waals surface area contributed by atoms with E-state index in [1.807, 2.05) is 30.3 Å². The highest BCUT2D eigenvalue weighted by Gasteiger charge is 2.35. The van der Waals surface area contributed by atoms with Crippen LogP contribution < -0.4 is 10.1 Å². The number of ether oxygens (including phenoxy) is 3. The van der Waals surface area contributed by atoms with Gasteiger partial charge in [-0.1, -0.05) is 30.3 Å². The molecule has 0 bridgehead atoms. The van der Waals surface area contributed by atoms with Crippen molar-refractivity contribution in [2.45, 2.75) is 44.2 Å². The van der Waals surface area contributed by atoms with Crippen molar-refractivity contribution in [1.82, 2.24) is 10.2 Å². The molecule has 2 aliphatic heterocycles. The van der Waals surface area contributed by atoms with Crippen LogP contribution in [0.1, 0.15) is 41.6 Å². The molecule has 35 heavy (non-hydrogen) atoms. The molecule has 2 aliphatic rings. The lowest BCUT2D eigenvalue weighted by Gasteiger charge is -2.34. The number of hydrogen-bond donors (Lipinski definition) is 1. The van der Waals surface area contributed by atoms with Crippen LogP contribution in [0.25, 0.3) is 0 Å². The molecule has 4 rings (SSSR count). The molecule has 186 valence electrons. The van der Waals surface area contributed by atoms with Gasteiger partial charge in [0.2, 0.25) is 5.91 Å². The Morgan fingerprint density at radius 3 is 2.63 bits per heavy atom. The van der Waals surface area contributed by atoms with E-state index in [1.165, 1.54) is 10.5 Å². The molecule has 0 aromatic heterocycles. The summed E-state index contributed by atoms with van der Waals surface area (Å²) < 4.78 is 16.7. The number of carbonyl (C=O) groups is 3. The van der Waals surface area contributed by atoms with Gasteiger partial charge < -0.3 is 24.4 Å². The van der Waals surface area contributed by atoms with Crippen molar-refractivity contribution >= 4 is 17.8 Å². The van der Waals surface area contributed by atoms with Crippen molar-refractivity contribution in [3.8, 4) is 5.75 Å². The number of benzene rings is 2. The molecule has 0 radical (unpaired) electrons. The van der Waals surface area contributed by atoms with Gasteiger partial charge in [0.25, 0.3) is 5.91 Å². The Bertz CT molecular complexity index is 988. The molecule has 1 N–H and O–H groups in total. The van der Waals surface area contributed by atoms with Gasteiger partial charge >= 0.3 is 5.97 Å². The fraction of sp³-hybridized carbons (Fsp3) is 0.444. The fourth-order valence-electron chi connectivity index (χ4n) is 4.31. The van der Waals surface area contributed by atoms with Gasteiger partial charge in [-0.2, -0.15) is 0 Å². The van der Waals surface area contributed by atoms with E-state index in [4.69, 9.17) is 14.2 Å². The van der Waals surface area contributed by atoms with Gasteiger partial charge in [-0.25, -0.2) is 0 Å². The van der Waals surface area contributed by atoms with Gasteiger partial charge in [-0.15, -0.1) is 0 Å². The van der Waals surface area contributed by atoms with Crippen LogP contribution in [0, 0.1) is 0 Å². The Hall–Kier alpha value is -3.39. The first kappa shape index (κ1) is 24.7. The summed E-state index contributed by atoms with van der Waals surface area (Å²) in [5, 5.41) is 2.74. The predicted molar refractivity (Wildman–Crippen MR) is 129 cm³/mol. The summed E-state index contributed by atoms with van der Waals surface area (Å²) in [4.78, 5) is 39.6. The van der Waals surface area contributed by atoms with Crippen molar-refractivity contribution in [2.75, 3.05) is 32.9 Å². The summed E-state index contributed by atoms with van der Waals surface area (Å²) in [7, 11) is 0. The summed E-state index contributed by atoms with van der Waals surface area (Å²) in [6.45, 7) is 2.19. The smallest absolute Gasteiger partial charge is 0.308 e. The lowest BCUT2D eigenvalue weighted by molar-refractivity contribution is -0.147. The number of esters is 1. The Kier molecular flexibility index (Phi) is 8.73. The number of hydrogen-bond acceptors (Lipinski definition) is 6. The Morgan fingerprint density at radius 1 is 1.09 bits per heavy atom. The SMILES string of the molecule is O=C(CC1C(=O)NCCN1C(=O)c1ccc(OCC2CCCO2)cc1)OCCCc1ccccc1. The topological polar surface area (TPSA) is 94.2 Å². The molecule has 2 aromatic carbocycles. The minimum Gasteiger partial charge on any atom is -0.491 e. The Balaban J connectivity index is 1.28. The fourth-order valence-corrected chi connectivity index (χ4v) is 4.31. The van der Waals surface area contributed by atoms with Crippen LogP contribution in [0.4, 0.5) is 0 Å². The quantitative estimate of drug-likeness (QED) is 0.415. The second-order valence-corrected chi connectivity index (χ2v) is 8.79. The van der Waals surface area contributed by atoms with E-state index < -0.39 is 12.0 Å². The molecule has 0 aliphatic carbocycles. The number of rotatable bonds is 10. The highest BCUT2D eigenvalue weighted by Crippen LogP contribution is 2.19. The molecule has 2 atom stereocenters. The molecular weight excluding hydrogens is 448 g/mol. The number of nitrogens with one attached hydrogen (secondary N) is 1. The molecule has 8 nitrogen and oxygen atoms in total. The summed E-state index contributed by atoms with van der Waals surface area (Å²) >= 11 is 0. The monoisotopic (exact) mass is 480 g/mol. The van der Waals surface area contributed by atoms with E-state index in [0.717, 1.165) is 25.9 Å². The van der Waals surface area contributed by atoms with E-state index in [9.17, 15) is 14.4 Å². The van der Waals surface area contributed by atoms with Crippen molar-refractivity contribution in [1.29, 1.82) is 0 Å². The summed E-state index contributed by atoms with van der Waals surface area (Å²) in [6.07, 6.45) is 3.47. The number of piperazine rings is 1. The third-order valence-corrected chi connectivity index (χ3v) is 6.23.